The summed E-state index contributed by atoms with van der Waals surface area (Å²) in [5.41, 5.74) is 0. The SMILES string of the molecule is [C-]#CI.[Li+]. The van der Waals surface area contributed by atoms with Gasteiger partial charge in [-0.3, -0.25) is 3.93 Å². The van der Waals surface area contributed by atoms with Crippen LogP contribution in [0.4, 0.5) is 0 Å². The Morgan fingerprint density at radius 1 is 1.75 bits per heavy atom. The molecule has 0 amide bonds. The van der Waals surface area contributed by atoms with Crippen molar-refractivity contribution in [1.82, 2.24) is 0 Å². The smallest absolute Gasteiger partial charge is 0.682 e. The molecule has 0 aliphatic rings. The van der Waals surface area contributed by atoms with E-state index in [0.717, 1.165) is 0 Å². The second kappa shape index (κ2) is 9.10. The maximum Gasteiger partial charge on any atom is 1.00 e. The van der Waals surface area contributed by atoms with Crippen LogP contribution in [0.3, 0.4) is 0 Å². The van der Waals surface area contributed by atoms with Gasteiger partial charge in [0, 0.05) is 0 Å². The molecule has 2 heteroatoms. The molecule has 0 spiro atoms. The number of halogens is 1. The fourth-order valence-electron chi connectivity index (χ4n) is 0. The predicted octanol–water partition coefficient (Wildman–Crippen LogP) is -2.03. The summed E-state index contributed by atoms with van der Waals surface area (Å²) >= 11 is 1.70. The molecule has 0 aromatic rings. The molecule has 0 aromatic carbocycles. The van der Waals surface area contributed by atoms with Gasteiger partial charge in [0.25, 0.3) is 0 Å². The third kappa shape index (κ3) is 13.1. The van der Waals surface area contributed by atoms with Crippen LogP contribution in [0.1, 0.15) is 0 Å². The average molecular weight is 158 g/mol. The molecule has 0 atom stereocenters. The number of hydrogen-bond acceptors (Lipinski definition) is 0. The number of rotatable bonds is 0. The second-order valence-corrected chi connectivity index (χ2v) is 0.634. The average Bonchev–Trinajstić information content (AvgIpc) is 0.918. The van der Waals surface area contributed by atoms with E-state index in [1.165, 1.54) is 0 Å². The van der Waals surface area contributed by atoms with Crippen molar-refractivity contribution in [1.29, 1.82) is 0 Å². The normalized spacial score (nSPS) is 2.00. The first kappa shape index (κ1) is 8.86. The Morgan fingerprint density at radius 3 is 1.75 bits per heavy atom. The third-order valence-corrected chi connectivity index (χ3v) is 0. The zero-order valence-electron chi connectivity index (χ0n) is 2.38. The van der Waals surface area contributed by atoms with E-state index in [1.807, 2.05) is 3.93 Å². The minimum Gasteiger partial charge on any atom is -0.682 e. The molecular weight excluding hydrogens is 158 g/mol. The molecule has 0 aliphatic carbocycles. The third-order valence-electron chi connectivity index (χ3n) is 0. The Labute approximate surface area is 51.7 Å². The Balaban J connectivity index is 0. The molecule has 0 nitrogen and oxygen atoms in total. The zero-order valence-corrected chi connectivity index (χ0v) is 4.54. The Kier molecular flexibility index (Phi) is 20.1. The van der Waals surface area contributed by atoms with Gasteiger partial charge in [-0.25, -0.2) is 0 Å². The maximum atomic E-state index is 5.94. The van der Waals surface area contributed by atoms with Crippen LogP contribution in [0.5, 0.6) is 0 Å². The van der Waals surface area contributed by atoms with E-state index in [1.54, 1.807) is 22.6 Å². The van der Waals surface area contributed by atoms with Crippen LogP contribution in [0.2, 0.25) is 0 Å². The first-order chi connectivity index (χ1) is 1.41. The van der Waals surface area contributed by atoms with Crippen molar-refractivity contribution in [3.63, 3.8) is 0 Å². The van der Waals surface area contributed by atoms with Gasteiger partial charge in [-0.05, 0) is 22.6 Å². The molecule has 0 heterocycles. The zero-order chi connectivity index (χ0) is 2.71. The molecule has 0 N–H and O–H groups in total. The van der Waals surface area contributed by atoms with Crippen molar-refractivity contribution < 1.29 is 18.9 Å². The van der Waals surface area contributed by atoms with Crippen molar-refractivity contribution in [2.45, 2.75) is 0 Å². The summed E-state index contributed by atoms with van der Waals surface area (Å²) in [6.07, 6.45) is 5.94. The van der Waals surface area contributed by atoms with Gasteiger partial charge in [0.1, 0.15) is 0 Å². The van der Waals surface area contributed by atoms with Gasteiger partial charge in [-0.1, -0.05) is 0 Å². The van der Waals surface area contributed by atoms with Crippen LogP contribution in [0.15, 0.2) is 0 Å². The van der Waals surface area contributed by atoms with Crippen LogP contribution in [-0.4, -0.2) is 0 Å². The number of hydrogen-bond donors (Lipinski definition) is 0. The molecule has 4 heavy (non-hydrogen) atoms. The summed E-state index contributed by atoms with van der Waals surface area (Å²) in [7, 11) is 0. The Hall–Kier alpha value is 0.887. The predicted molar refractivity (Wildman–Crippen MR) is 21.2 cm³/mol. The van der Waals surface area contributed by atoms with Crippen molar-refractivity contribution >= 4 is 22.6 Å². The molecule has 0 bridgehead atoms. The van der Waals surface area contributed by atoms with Crippen LogP contribution < -0.4 is 18.9 Å². The molecule has 0 saturated carbocycles. The molecular formula is C2ILi. The van der Waals surface area contributed by atoms with Crippen molar-refractivity contribution in [2.75, 3.05) is 0 Å². The summed E-state index contributed by atoms with van der Waals surface area (Å²) < 4.78 is 1.97. The molecule has 0 radical (unpaired) electrons. The minimum absolute atomic E-state index is 0. The van der Waals surface area contributed by atoms with Crippen LogP contribution in [0.25, 0.3) is 0 Å². The summed E-state index contributed by atoms with van der Waals surface area (Å²) in [5.74, 6) is 0. The van der Waals surface area contributed by atoms with Gasteiger partial charge in [0.2, 0.25) is 0 Å². The summed E-state index contributed by atoms with van der Waals surface area (Å²) in [5, 5.41) is 0. The molecule has 0 aliphatic heterocycles. The Morgan fingerprint density at radius 2 is 1.75 bits per heavy atom. The van der Waals surface area contributed by atoms with Gasteiger partial charge >= 0.3 is 18.9 Å². The van der Waals surface area contributed by atoms with Crippen LogP contribution in [-0.2, 0) is 0 Å². The fraction of sp³-hybridized carbons (Fsp3) is 0. The van der Waals surface area contributed by atoms with E-state index >= 15 is 0 Å². The molecule has 0 aromatic heterocycles. The van der Waals surface area contributed by atoms with Gasteiger partial charge in [-0.15, -0.1) is 0 Å². The van der Waals surface area contributed by atoms with Gasteiger partial charge in [0.15, 0.2) is 0 Å². The largest absolute Gasteiger partial charge is 1.00 e. The summed E-state index contributed by atoms with van der Waals surface area (Å²) in [6, 6.07) is 0. The topological polar surface area (TPSA) is 0 Å². The van der Waals surface area contributed by atoms with E-state index < -0.39 is 0 Å². The quantitative estimate of drug-likeness (QED) is 0.165. The standard InChI is InChI=1S/C2I.Li/c1-2-3;/q-1;+1. The van der Waals surface area contributed by atoms with Crippen LogP contribution in [0, 0.1) is 10.4 Å². The van der Waals surface area contributed by atoms with Crippen molar-refractivity contribution in [3.05, 3.63) is 6.42 Å². The maximum absolute atomic E-state index is 5.94. The van der Waals surface area contributed by atoms with Gasteiger partial charge in [-0.2, -0.15) is 0 Å². The molecule has 0 rings (SSSR count). The molecule has 16 valence electrons. The van der Waals surface area contributed by atoms with Gasteiger partial charge in [0.05, 0.1) is 0 Å². The van der Waals surface area contributed by atoms with E-state index in [4.69, 9.17) is 6.42 Å². The van der Waals surface area contributed by atoms with Crippen molar-refractivity contribution in [2.24, 2.45) is 0 Å². The van der Waals surface area contributed by atoms with E-state index in [2.05, 4.69) is 0 Å². The molecule has 0 fully saturated rings. The fourth-order valence-corrected chi connectivity index (χ4v) is 0. The molecule has 0 unspecified atom stereocenters. The van der Waals surface area contributed by atoms with E-state index in [0.29, 0.717) is 0 Å². The minimum atomic E-state index is 0. The van der Waals surface area contributed by atoms with E-state index in [-0.39, 0.29) is 18.9 Å². The van der Waals surface area contributed by atoms with Crippen molar-refractivity contribution in [3.8, 4) is 3.93 Å². The van der Waals surface area contributed by atoms with Gasteiger partial charge < -0.3 is 6.42 Å². The monoisotopic (exact) mass is 158 g/mol. The van der Waals surface area contributed by atoms with Crippen LogP contribution >= 0.6 is 22.6 Å². The first-order valence-corrected chi connectivity index (χ1v) is 1.52. The summed E-state index contributed by atoms with van der Waals surface area (Å²) in [6.45, 7) is 0. The second-order valence-electron chi connectivity index (χ2n) is 0.0945. The van der Waals surface area contributed by atoms with E-state index in [9.17, 15) is 0 Å². The first-order valence-electron chi connectivity index (χ1n) is 0.439. The summed E-state index contributed by atoms with van der Waals surface area (Å²) in [4.78, 5) is 0. The molecule has 0 saturated heterocycles. The Bertz CT molecular complexity index is 27.5.